The van der Waals surface area contributed by atoms with Gasteiger partial charge in [-0.3, -0.25) is 0 Å². The lowest BCUT2D eigenvalue weighted by atomic mass is 10.2. The fraction of sp³-hybridized carbons (Fsp3) is 0.444. The molecule has 12 heavy (non-hydrogen) atoms. The second-order valence-electron chi connectivity index (χ2n) is 3.02. The van der Waals surface area contributed by atoms with Gasteiger partial charge in [0.25, 0.3) is 0 Å². The van der Waals surface area contributed by atoms with E-state index in [4.69, 9.17) is 5.11 Å². The van der Waals surface area contributed by atoms with Crippen molar-refractivity contribution in [2.24, 2.45) is 0 Å². The summed E-state index contributed by atoms with van der Waals surface area (Å²) in [7, 11) is 0. The highest BCUT2D eigenvalue weighted by molar-refractivity contribution is 5.42. The van der Waals surface area contributed by atoms with Crippen molar-refractivity contribution >= 4 is 5.82 Å². The molecule has 64 valence electrons. The predicted octanol–water partition coefficient (Wildman–Crippen LogP) is 0.784. The molecule has 0 bridgehead atoms. The van der Waals surface area contributed by atoms with Crippen LogP contribution in [0.4, 0.5) is 5.82 Å². The van der Waals surface area contributed by atoms with E-state index in [1.54, 1.807) is 6.20 Å². The average Bonchev–Trinajstić information content (AvgIpc) is 2.02. The van der Waals surface area contributed by atoms with Crippen LogP contribution in [0.3, 0.4) is 0 Å². The van der Waals surface area contributed by atoms with Gasteiger partial charge in [-0.25, -0.2) is 4.98 Å². The number of hydrogen-bond acceptors (Lipinski definition) is 3. The molecule has 2 rings (SSSR count). The lowest BCUT2D eigenvalue weighted by molar-refractivity contribution is 0.281. The third-order valence-corrected chi connectivity index (χ3v) is 2.17. The lowest BCUT2D eigenvalue weighted by Crippen LogP contribution is -2.37. The van der Waals surface area contributed by atoms with Gasteiger partial charge in [0.05, 0.1) is 6.61 Å². The molecule has 1 aromatic rings. The molecule has 3 nitrogen and oxygen atoms in total. The van der Waals surface area contributed by atoms with Gasteiger partial charge in [-0.15, -0.1) is 0 Å². The Kier molecular flexibility index (Phi) is 1.96. The minimum Gasteiger partial charge on any atom is -0.392 e. The predicted molar refractivity (Wildman–Crippen MR) is 47.0 cm³/mol. The maximum Gasteiger partial charge on any atom is 0.128 e. The number of pyridine rings is 1. The van der Waals surface area contributed by atoms with E-state index in [1.165, 1.54) is 6.42 Å². The molecule has 0 spiro atoms. The first-order valence-corrected chi connectivity index (χ1v) is 4.21. The second-order valence-corrected chi connectivity index (χ2v) is 3.02. The van der Waals surface area contributed by atoms with Crippen molar-refractivity contribution in [1.82, 2.24) is 4.98 Å². The molecule has 1 fully saturated rings. The minimum absolute atomic E-state index is 0.101. The van der Waals surface area contributed by atoms with Gasteiger partial charge in [0.1, 0.15) is 5.82 Å². The maximum absolute atomic E-state index is 8.89. The van der Waals surface area contributed by atoms with Crippen molar-refractivity contribution in [1.29, 1.82) is 0 Å². The van der Waals surface area contributed by atoms with Crippen LogP contribution in [0.5, 0.6) is 0 Å². The van der Waals surface area contributed by atoms with Crippen molar-refractivity contribution < 1.29 is 5.11 Å². The molecular weight excluding hydrogens is 152 g/mol. The molecule has 1 N–H and O–H groups in total. The van der Waals surface area contributed by atoms with Crippen LogP contribution < -0.4 is 4.90 Å². The first-order chi connectivity index (χ1) is 5.90. The molecule has 0 aliphatic carbocycles. The molecule has 0 aromatic carbocycles. The molecule has 1 aliphatic heterocycles. The fourth-order valence-corrected chi connectivity index (χ4v) is 1.28. The SMILES string of the molecule is OCc1ccnc(N2CCC2)c1. The zero-order chi connectivity index (χ0) is 8.39. The number of hydrogen-bond donors (Lipinski definition) is 1. The van der Waals surface area contributed by atoms with E-state index in [-0.39, 0.29) is 6.61 Å². The first kappa shape index (κ1) is 7.55. The zero-order valence-corrected chi connectivity index (χ0v) is 6.90. The smallest absolute Gasteiger partial charge is 0.128 e. The normalized spacial score (nSPS) is 15.9. The van der Waals surface area contributed by atoms with Crippen molar-refractivity contribution in [3.63, 3.8) is 0 Å². The van der Waals surface area contributed by atoms with Gasteiger partial charge in [0, 0.05) is 19.3 Å². The molecule has 2 heterocycles. The van der Waals surface area contributed by atoms with Crippen LogP contribution in [0.25, 0.3) is 0 Å². The Morgan fingerprint density at radius 3 is 2.92 bits per heavy atom. The van der Waals surface area contributed by atoms with Gasteiger partial charge in [-0.1, -0.05) is 0 Å². The number of aliphatic hydroxyl groups excluding tert-OH is 1. The van der Waals surface area contributed by atoms with Crippen LogP contribution in [0.1, 0.15) is 12.0 Å². The topological polar surface area (TPSA) is 36.4 Å². The van der Waals surface area contributed by atoms with E-state index in [1.807, 2.05) is 12.1 Å². The Morgan fingerprint density at radius 2 is 2.33 bits per heavy atom. The number of nitrogens with zero attached hydrogens (tertiary/aromatic N) is 2. The number of rotatable bonds is 2. The summed E-state index contributed by atoms with van der Waals surface area (Å²) in [4.78, 5) is 6.43. The maximum atomic E-state index is 8.89. The van der Waals surface area contributed by atoms with E-state index in [0.717, 1.165) is 24.5 Å². The van der Waals surface area contributed by atoms with E-state index < -0.39 is 0 Å². The summed E-state index contributed by atoms with van der Waals surface area (Å²) in [5, 5.41) is 8.89. The molecular formula is C9H12N2O. The average molecular weight is 164 g/mol. The fourth-order valence-electron chi connectivity index (χ4n) is 1.28. The van der Waals surface area contributed by atoms with Crippen LogP contribution in [-0.4, -0.2) is 23.2 Å². The van der Waals surface area contributed by atoms with Crippen molar-refractivity contribution in [2.45, 2.75) is 13.0 Å². The van der Waals surface area contributed by atoms with Crippen LogP contribution >= 0.6 is 0 Å². The highest BCUT2D eigenvalue weighted by Crippen LogP contribution is 2.18. The second kappa shape index (κ2) is 3.11. The van der Waals surface area contributed by atoms with Gasteiger partial charge in [0.2, 0.25) is 0 Å². The Labute approximate surface area is 71.7 Å². The largest absolute Gasteiger partial charge is 0.392 e. The molecule has 1 saturated heterocycles. The Hall–Kier alpha value is -1.09. The van der Waals surface area contributed by atoms with E-state index >= 15 is 0 Å². The number of aliphatic hydroxyl groups is 1. The van der Waals surface area contributed by atoms with Crippen molar-refractivity contribution in [3.05, 3.63) is 23.9 Å². The van der Waals surface area contributed by atoms with E-state index in [9.17, 15) is 0 Å². The van der Waals surface area contributed by atoms with Gasteiger partial charge < -0.3 is 10.0 Å². The Balaban J connectivity index is 2.19. The Bertz CT molecular complexity index is 271. The van der Waals surface area contributed by atoms with Crippen LogP contribution in [0.2, 0.25) is 0 Å². The number of anilines is 1. The molecule has 0 radical (unpaired) electrons. The van der Waals surface area contributed by atoms with Crippen molar-refractivity contribution in [2.75, 3.05) is 18.0 Å². The van der Waals surface area contributed by atoms with Gasteiger partial charge in [-0.2, -0.15) is 0 Å². The molecule has 3 heteroatoms. The molecule has 0 unspecified atom stereocenters. The van der Waals surface area contributed by atoms with Gasteiger partial charge in [0.15, 0.2) is 0 Å². The third-order valence-electron chi connectivity index (χ3n) is 2.17. The quantitative estimate of drug-likeness (QED) is 0.701. The lowest BCUT2D eigenvalue weighted by Gasteiger charge is -2.32. The standard InChI is InChI=1S/C9H12N2O/c12-7-8-2-3-10-9(6-8)11-4-1-5-11/h2-3,6,12H,1,4-5,7H2. The summed E-state index contributed by atoms with van der Waals surface area (Å²) in [6.45, 7) is 2.30. The minimum atomic E-state index is 0.101. The molecule has 1 aromatic heterocycles. The summed E-state index contributed by atoms with van der Waals surface area (Å²) in [6.07, 6.45) is 3.00. The summed E-state index contributed by atoms with van der Waals surface area (Å²) in [6, 6.07) is 3.78. The Morgan fingerprint density at radius 1 is 1.50 bits per heavy atom. The van der Waals surface area contributed by atoms with Crippen LogP contribution in [0.15, 0.2) is 18.3 Å². The van der Waals surface area contributed by atoms with Crippen LogP contribution in [-0.2, 0) is 6.61 Å². The van der Waals surface area contributed by atoms with Crippen molar-refractivity contribution in [3.8, 4) is 0 Å². The summed E-state index contributed by atoms with van der Waals surface area (Å²) >= 11 is 0. The van der Waals surface area contributed by atoms with E-state index in [0.29, 0.717) is 0 Å². The van der Waals surface area contributed by atoms with E-state index in [2.05, 4.69) is 9.88 Å². The highest BCUT2D eigenvalue weighted by atomic mass is 16.3. The monoisotopic (exact) mass is 164 g/mol. The summed E-state index contributed by atoms with van der Waals surface area (Å²) in [5.74, 6) is 0.993. The van der Waals surface area contributed by atoms with Gasteiger partial charge in [-0.05, 0) is 24.1 Å². The number of aromatic nitrogens is 1. The summed E-state index contributed by atoms with van der Waals surface area (Å²) in [5.41, 5.74) is 0.937. The summed E-state index contributed by atoms with van der Waals surface area (Å²) < 4.78 is 0. The highest BCUT2D eigenvalue weighted by Gasteiger charge is 2.15. The third kappa shape index (κ3) is 1.28. The molecule has 0 amide bonds. The molecule has 1 aliphatic rings. The molecule has 0 atom stereocenters. The zero-order valence-electron chi connectivity index (χ0n) is 6.90. The van der Waals surface area contributed by atoms with Crippen LogP contribution in [0, 0.1) is 0 Å². The molecule has 0 saturated carbocycles. The first-order valence-electron chi connectivity index (χ1n) is 4.21. The van der Waals surface area contributed by atoms with Gasteiger partial charge >= 0.3 is 0 Å².